The van der Waals surface area contributed by atoms with Crippen LogP contribution in [0.15, 0.2) is 66.9 Å². The van der Waals surface area contributed by atoms with E-state index in [1.807, 2.05) is 18.4 Å². The zero-order chi connectivity index (χ0) is 36.7. The Hall–Kier alpha value is -4.98. The lowest BCUT2D eigenvalue weighted by molar-refractivity contribution is -0.143. The summed E-state index contributed by atoms with van der Waals surface area (Å²) in [6, 6.07) is 12.4. The molecule has 3 heterocycles. The summed E-state index contributed by atoms with van der Waals surface area (Å²) in [6.07, 6.45) is 3.81. The number of carbonyl (C=O) groups excluding carboxylic acids is 6. The molecule has 2 saturated heterocycles. The molecule has 2 aliphatic rings. The van der Waals surface area contributed by atoms with Crippen molar-refractivity contribution in [2.24, 2.45) is 5.92 Å². The number of fused-ring (bicyclic) bond motifs is 2. The summed E-state index contributed by atoms with van der Waals surface area (Å²) in [4.78, 5) is 87.9. The number of benzene rings is 2. The predicted molar refractivity (Wildman–Crippen MR) is 194 cm³/mol. The Kier molecular flexibility index (Phi) is 12.3. The molecule has 0 spiro atoms. The fourth-order valence-corrected chi connectivity index (χ4v) is 6.89. The summed E-state index contributed by atoms with van der Waals surface area (Å²) >= 11 is 1.52. The van der Waals surface area contributed by atoms with E-state index >= 15 is 0 Å². The second-order valence-electron chi connectivity index (χ2n) is 13.4. The first-order chi connectivity index (χ1) is 24.4. The van der Waals surface area contributed by atoms with Crippen molar-refractivity contribution in [3.8, 4) is 0 Å². The van der Waals surface area contributed by atoms with E-state index in [2.05, 4.69) is 31.6 Å². The lowest BCUT2D eigenvalue weighted by Gasteiger charge is -2.32. The van der Waals surface area contributed by atoms with Crippen molar-refractivity contribution in [2.75, 3.05) is 18.6 Å². The summed E-state index contributed by atoms with van der Waals surface area (Å²) in [5.74, 6) is -2.78. The number of aromatic nitrogens is 1. The molecule has 0 aliphatic carbocycles. The Morgan fingerprint density at radius 3 is 2.43 bits per heavy atom. The van der Waals surface area contributed by atoms with Crippen LogP contribution in [0.4, 0.5) is 0 Å². The third-order valence-electron chi connectivity index (χ3n) is 9.24. The highest BCUT2D eigenvalue weighted by Crippen LogP contribution is 2.24. The molecule has 0 unspecified atom stereocenters. The van der Waals surface area contributed by atoms with Gasteiger partial charge >= 0.3 is 0 Å². The van der Waals surface area contributed by atoms with Crippen molar-refractivity contribution < 1.29 is 28.8 Å². The monoisotopic (exact) mass is 715 g/mol. The summed E-state index contributed by atoms with van der Waals surface area (Å²) in [7, 11) is 0. The Labute approximate surface area is 301 Å². The molecule has 13 nitrogen and oxygen atoms in total. The van der Waals surface area contributed by atoms with Gasteiger partial charge in [-0.05, 0) is 67.5 Å². The predicted octanol–water partition coefficient (Wildman–Crippen LogP) is 2.08. The van der Waals surface area contributed by atoms with Gasteiger partial charge in [0.1, 0.15) is 24.2 Å². The number of amides is 6. The minimum Gasteiger partial charge on any atom is -0.347 e. The Morgan fingerprint density at radius 2 is 1.71 bits per heavy atom. The molecular weight excluding hydrogens is 671 g/mol. The molecule has 14 heteroatoms. The minimum absolute atomic E-state index is 0.000184. The van der Waals surface area contributed by atoms with Gasteiger partial charge in [-0.15, -0.1) is 0 Å². The van der Waals surface area contributed by atoms with Crippen LogP contribution in [0.25, 0.3) is 10.9 Å². The lowest BCUT2D eigenvalue weighted by atomic mass is 10.0. The highest BCUT2D eigenvalue weighted by Gasteiger charge is 2.44. The first kappa shape index (κ1) is 37.3. The van der Waals surface area contributed by atoms with Crippen molar-refractivity contribution in [3.05, 3.63) is 78.0 Å². The standard InChI is InChI=1S/C37H45N7O6S/c1-21(2)32-37(50)44-20-26(40-34(47)25-12-13-27-24(17-25)11-8-15-38-27)18-30(44)36(49)39-22(3)33(46)42-29(23-9-6-5-7-10-23)19-31(45)41-28(14-16-51-4)35(48)43-32/h5-13,15,17,21-22,26,28-30,32H,14,16,18-20H2,1-4H3,(H,39,49)(H,40,47)(H,41,45)(H,42,46)(H,43,48)/t22-,26-,28-,29-,30-,32-/m0/s1. The van der Waals surface area contributed by atoms with Crippen molar-refractivity contribution >= 4 is 58.1 Å². The Morgan fingerprint density at radius 1 is 0.941 bits per heavy atom. The third-order valence-corrected chi connectivity index (χ3v) is 9.88. The Bertz CT molecular complexity index is 1770. The number of hydrogen-bond donors (Lipinski definition) is 5. The molecule has 51 heavy (non-hydrogen) atoms. The van der Waals surface area contributed by atoms with E-state index < -0.39 is 65.8 Å². The number of nitrogens with one attached hydrogen (secondary N) is 5. The van der Waals surface area contributed by atoms with Gasteiger partial charge in [-0.2, -0.15) is 11.8 Å². The highest BCUT2D eigenvalue weighted by atomic mass is 32.2. The van der Waals surface area contributed by atoms with Gasteiger partial charge in [0, 0.05) is 29.7 Å². The molecular formula is C37H45N7O6S. The van der Waals surface area contributed by atoms with Crippen LogP contribution < -0.4 is 26.6 Å². The molecule has 270 valence electrons. The highest BCUT2D eigenvalue weighted by molar-refractivity contribution is 7.98. The smallest absolute Gasteiger partial charge is 0.251 e. The fourth-order valence-electron chi connectivity index (χ4n) is 6.42. The van der Waals surface area contributed by atoms with Crippen LogP contribution >= 0.6 is 11.8 Å². The normalized spacial score (nSPS) is 25.1. The largest absolute Gasteiger partial charge is 0.347 e. The fraction of sp³-hybridized carbons (Fsp3) is 0.432. The Balaban J connectivity index is 1.45. The molecule has 2 fully saturated rings. The van der Waals surface area contributed by atoms with Crippen LogP contribution in [0, 0.1) is 5.92 Å². The van der Waals surface area contributed by atoms with Gasteiger partial charge in [0.25, 0.3) is 5.91 Å². The van der Waals surface area contributed by atoms with E-state index in [1.54, 1.807) is 68.6 Å². The quantitative estimate of drug-likeness (QED) is 0.247. The third kappa shape index (κ3) is 9.23. The summed E-state index contributed by atoms with van der Waals surface area (Å²) < 4.78 is 0. The number of carbonyl (C=O) groups is 6. The van der Waals surface area contributed by atoms with E-state index in [1.165, 1.54) is 23.6 Å². The summed E-state index contributed by atoms with van der Waals surface area (Å²) in [5.41, 5.74) is 1.82. The number of thioether (sulfide) groups is 1. The molecule has 2 aliphatic heterocycles. The lowest BCUT2D eigenvalue weighted by Crippen LogP contribution is -2.59. The topological polar surface area (TPSA) is 179 Å². The van der Waals surface area contributed by atoms with Crippen LogP contribution in [0.2, 0.25) is 0 Å². The average molecular weight is 716 g/mol. The van der Waals surface area contributed by atoms with Crippen LogP contribution in [-0.4, -0.2) is 94.1 Å². The molecule has 2 aromatic carbocycles. The number of hydrogen-bond acceptors (Lipinski definition) is 8. The van der Waals surface area contributed by atoms with E-state index in [4.69, 9.17) is 0 Å². The van der Waals surface area contributed by atoms with Gasteiger partial charge in [0.15, 0.2) is 0 Å². The summed E-state index contributed by atoms with van der Waals surface area (Å²) in [5, 5.41) is 15.1. The van der Waals surface area contributed by atoms with Gasteiger partial charge in [-0.3, -0.25) is 33.8 Å². The van der Waals surface area contributed by atoms with Gasteiger partial charge < -0.3 is 31.5 Å². The maximum atomic E-state index is 14.3. The second kappa shape index (κ2) is 16.8. The average Bonchev–Trinajstić information content (AvgIpc) is 3.55. The maximum Gasteiger partial charge on any atom is 0.251 e. The van der Waals surface area contributed by atoms with Gasteiger partial charge in [-0.25, -0.2) is 0 Å². The molecule has 0 radical (unpaired) electrons. The van der Waals surface area contributed by atoms with Gasteiger partial charge in [-0.1, -0.05) is 50.2 Å². The molecule has 0 bridgehead atoms. The molecule has 6 amide bonds. The van der Waals surface area contributed by atoms with E-state index in [0.717, 1.165) is 10.9 Å². The first-order valence-corrected chi connectivity index (χ1v) is 18.5. The molecule has 5 N–H and O–H groups in total. The number of nitrogens with zero attached hydrogens (tertiary/aromatic N) is 2. The number of rotatable bonds is 7. The van der Waals surface area contributed by atoms with Crippen LogP contribution in [-0.2, 0) is 24.0 Å². The van der Waals surface area contributed by atoms with E-state index in [0.29, 0.717) is 23.3 Å². The van der Waals surface area contributed by atoms with Crippen molar-refractivity contribution in [1.29, 1.82) is 0 Å². The van der Waals surface area contributed by atoms with Crippen LogP contribution in [0.1, 0.15) is 62.0 Å². The van der Waals surface area contributed by atoms with Gasteiger partial charge in [0.05, 0.1) is 18.0 Å². The number of pyridine rings is 1. The zero-order valence-electron chi connectivity index (χ0n) is 29.2. The molecule has 6 atom stereocenters. The zero-order valence-corrected chi connectivity index (χ0v) is 30.0. The maximum absolute atomic E-state index is 14.3. The SMILES string of the molecule is CSCC[C@@H]1NC(=O)C[C@@H](c2ccccc2)NC(=O)[C@H](C)NC(=O)[C@@H]2C[C@H](NC(=O)c3ccc4ncccc4c3)CN2C(=O)[C@H](C(C)C)NC1=O. The minimum atomic E-state index is -1.04. The van der Waals surface area contributed by atoms with Crippen molar-refractivity contribution in [1.82, 2.24) is 36.5 Å². The summed E-state index contributed by atoms with van der Waals surface area (Å²) in [6.45, 7) is 5.10. The van der Waals surface area contributed by atoms with Crippen LogP contribution in [0.5, 0.6) is 0 Å². The first-order valence-electron chi connectivity index (χ1n) is 17.2. The van der Waals surface area contributed by atoms with Crippen LogP contribution in [0.3, 0.4) is 0 Å². The molecule has 0 saturated carbocycles. The molecule has 1 aromatic heterocycles. The van der Waals surface area contributed by atoms with E-state index in [-0.39, 0.29) is 31.2 Å². The second-order valence-corrected chi connectivity index (χ2v) is 14.3. The van der Waals surface area contributed by atoms with E-state index in [9.17, 15) is 28.8 Å². The van der Waals surface area contributed by atoms with Crippen molar-refractivity contribution in [2.45, 2.75) is 76.3 Å². The van der Waals surface area contributed by atoms with Gasteiger partial charge in [0.2, 0.25) is 29.5 Å². The molecule has 5 rings (SSSR count). The van der Waals surface area contributed by atoms with Crippen molar-refractivity contribution in [3.63, 3.8) is 0 Å². The molecule has 3 aromatic rings.